The summed E-state index contributed by atoms with van der Waals surface area (Å²) in [5.41, 5.74) is 0. The molecule has 0 aromatic rings. The van der Waals surface area contributed by atoms with Gasteiger partial charge in [-0.05, 0) is 0 Å². The van der Waals surface area contributed by atoms with Crippen molar-refractivity contribution < 1.29 is 179 Å². The van der Waals surface area contributed by atoms with E-state index in [0.29, 0.717) is 0 Å². The van der Waals surface area contributed by atoms with Crippen LogP contribution < -0.4 is 0 Å². The second-order valence-corrected chi connectivity index (χ2v) is 0. The van der Waals surface area contributed by atoms with E-state index < -0.39 is 0 Å². The van der Waals surface area contributed by atoms with Crippen molar-refractivity contribution in [1.29, 1.82) is 0 Å². The van der Waals surface area contributed by atoms with Crippen LogP contribution in [0.25, 0.3) is 0 Å². The van der Waals surface area contributed by atoms with Crippen LogP contribution in [0.4, 0.5) is 0 Å². The molecule has 0 atom stereocenters. The molecule has 0 bridgehead atoms. The van der Waals surface area contributed by atoms with Crippen LogP contribution in [-0.4, -0.2) is 0 Å². The van der Waals surface area contributed by atoms with Gasteiger partial charge in [0.05, 0.1) is 0 Å². The van der Waals surface area contributed by atoms with E-state index in [9.17, 15) is 0 Å². The molecule has 1 radical (unpaired) electrons. The van der Waals surface area contributed by atoms with Crippen LogP contribution in [0.2, 0.25) is 0 Å². The predicted molar refractivity (Wildman–Crippen MR) is 0.686 cm³/mol. The van der Waals surface area contributed by atoms with Crippen LogP contribution in [0.1, 0.15) is 0 Å². The van der Waals surface area contributed by atoms with E-state index in [4.69, 9.17) is 0.938 Å². The maximum atomic E-state index is 8.39. The molecule has 0 amide bonds. The third-order valence-corrected chi connectivity index (χ3v) is 0. The molecule has 0 unspecified atom stereocenters. The molecule has 1 nitrogen and oxygen atoms in total. The van der Waals surface area contributed by atoms with Crippen molar-refractivity contribution >= 4 is 0 Å². The molecule has 0 N–H and O–H groups in total. The number of hydrogen-bond donors (Lipinski definition) is 0. The van der Waals surface area contributed by atoms with Gasteiger partial charge in [-0.15, -0.1) is 0 Å². The van der Waals surface area contributed by atoms with Crippen molar-refractivity contribution in [3.8, 4) is 0 Å². The first-order valence-corrected chi connectivity index (χ1v) is 1.49. The smallest absolute Gasteiger partial charge is 0 e. The zero-order chi connectivity index (χ0) is 2.00. The van der Waals surface area contributed by atoms with E-state index in [-0.39, 0.29) is 178 Å². The molecule has 0 aliphatic heterocycles. The van der Waals surface area contributed by atoms with Gasteiger partial charge in [-0.2, -0.15) is 0 Å². The fourth-order valence-electron chi connectivity index (χ4n) is 0. The molecule has 0 aromatic heterocycles. The Hall–Kier alpha value is 5.75. The van der Waals surface area contributed by atoms with Crippen LogP contribution in [0.15, 0.2) is 0 Å². The Morgan fingerprint density at radius 2 is 1.17 bits per heavy atom. The first-order chi connectivity index (χ1) is 1.00. The molecule has 6 heteroatoms. The third-order valence-electron chi connectivity index (χ3n) is 0. The largest absolute Gasteiger partial charge is 0 e. The summed E-state index contributed by atoms with van der Waals surface area (Å²) in [6, 6.07) is 0. The minimum Gasteiger partial charge on any atom is 0 e. The monoisotopic (exact) mass is 687 g/mol. The number of rotatable bonds is 0. The Morgan fingerprint density at radius 3 is 1.17 bits per heavy atom. The molecule has 0 aliphatic carbocycles. The van der Waals surface area contributed by atoms with E-state index in [1.165, 1.54) is 0 Å². The molecule has 29 valence electrons. The molecule has 0 aliphatic rings. The standard InChI is InChI=1S/Ce.La.Mo.Nd.O.Sm. The predicted octanol–water partition coefficient (Wildman–Crippen LogP) is -0.121. The molecule has 0 spiro atoms. The van der Waals surface area contributed by atoms with Gasteiger partial charge < -0.3 is 0 Å². The second kappa shape index (κ2) is 30.9. The van der Waals surface area contributed by atoms with Gasteiger partial charge in [0, 0.05) is 138 Å². The van der Waals surface area contributed by atoms with E-state index in [2.05, 4.69) is 0 Å². The zero-order valence-electron chi connectivity index (χ0n) is 2.80. The molecule has 0 saturated heterocycles. The van der Waals surface area contributed by atoms with Crippen molar-refractivity contribution in [3.63, 3.8) is 0 Å². The van der Waals surface area contributed by atoms with Gasteiger partial charge in [-0.25, -0.2) is 0 Å². The molecule has 0 fully saturated rings. The Kier molecular flexibility index (Phi) is 154. The molecule has 0 rings (SSSR count). The van der Waals surface area contributed by atoms with Crippen molar-refractivity contribution in [2.24, 2.45) is 0 Å². The van der Waals surface area contributed by atoms with E-state index >= 15 is 0 Å². The van der Waals surface area contributed by atoms with Crippen molar-refractivity contribution in [3.05, 3.63) is 0 Å². The van der Waals surface area contributed by atoms with Gasteiger partial charge in [0.15, 0.2) is 0 Å². The van der Waals surface area contributed by atoms with E-state index in [1.807, 2.05) is 0 Å². The number of hydrogen-bond acceptors (Lipinski definition) is 1. The van der Waals surface area contributed by atoms with E-state index in [0.717, 1.165) is 0 Å². The summed E-state index contributed by atoms with van der Waals surface area (Å²) in [6.07, 6.45) is 0. The van der Waals surface area contributed by atoms with Crippen LogP contribution >= 0.6 is 0 Å². The Labute approximate surface area is 172 Å². The van der Waals surface area contributed by atoms with Gasteiger partial charge in [0.25, 0.3) is 0 Å². The van der Waals surface area contributed by atoms with Gasteiger partial charge in [0.1, 0.15) is 0 Å². The maximum Gasteiger partial charge on any atom is 0 e. The first-order valence-electron chi connectivity index (χ1n) is 0.204. The molecule has 0 aromatic carbocycles. The van der Waals surface area contributed by atoms with Crippen LogP contribution in [0.3, 0.4) is 0 Å². The molecular formula is CeLaMoNdOSm. The normalized spacial score (nSPS) is 0.500. The summed E-state index contributed by atoms with van der Waals surface area (Å²) in [5.74, 6) is 0. The molecule has 0 saturated carbocycles. The van der Waals surface area contributed by atoms with Gasteiger partial charge >= 0.3 is 40.7 Å². The summed E-state index contributed by atoms with van der Waals surface area (Å²) in [7, 11) is 0. The van der Waals surface area contributed by atoms with Gasteiger partial charge in [0.2, 0.25) is 0 Å². The SMILES string of the molecule is [La].[Mo].[Nd].[O]=[Ce].[Sm]. The fourth-order valence-corrected chi connectivity index (χ4v) is 0. The Balaban J connectivity index is -0.000000000833. The van der Waals surface area contributed by atoms with Gasteiger partial charge in [-0.1, -0.05) is 0 Å². The third kappa shape index (κ3) is 22.6. The summed E-state index contributed by atoms with van der Waals surface area (Å²) >= 11 is 0.0556. The van der Waals surface area contributed by atoms with E-state index in [1.54, 1.807) is 0 Å². The van der Waals surface area contributed by atoms with Crippen molar-refractivity contribution in [1.82, 2.24) is 0 Å². The summed E-state index contributed by atoms with van der Waals surface area (Å²) in [5, 5.41) is 0. The van der Waals surface area contributed by atoms with Crippen LogP contribution in [0.5, 0.6) is 0 Å². The quantitative estimate of drug-likeness (QED) is 0.326. The average Bonchev–Trinajstić information content (AvgIpc) is 1.00. The molecule has 0 heterocycles. The summed E-state index contributed by atoms with van der Waals surface area (Å²) in [6.45, 7) is 0. The summed E-state index contributed by atoms with van der Waals surface area (Å²) in [4.78, 5) is 0. The van der Waals surface area contributed by atoms with Gasteiger partial charge in [-0.3, -0.25) is 0 Å². The molecular weight excluding hydrogens is 686 g/mol. The topological polar surface area (TPSA) is 17.1 Å². The second-order valence-electron chi connectivity index (χ2n) is 0. The van der Waals surface area contributed by atoms with Crippen molar-refractivity contribution in [2.45, 2.75) is 0 Å². The zero-order valence-corrected chi connectivity index (χ0v) is 17.4. The van der Waals surface area contributed by atoms with Crippen LogP contribution in [0, 0.1) is 157 Å². The van der Waals surface area contributed by atoms with Crippen LogP contribution in [-0.2, 0) is 22.0 Å². The minimum atomic E-state index is 0. The first kappa shape index (κ1) is 29.8. The Morgan fingerprint density at radius 1 is 1.17 bits per heavy atom. The maximum absolute atomic E-state index is 8.39. The Bertz CT molecular complexity index is 15.5. The molecule has 6 heavy (non-hydrogen) atoms. The summed E-state index contributed by atoms with van der Waals surface area (Å²) < 4.78 is 8.39. The fraction of sp³-hybridized carbons (Fsp3) is 0. The van der Waals surface area contributed by atoms with Crippen molar-refractivity contribution in [2.75, 3.05) is 0 Å². The average molecular weight is 686 g/mol. The minimum absolute atomic E-state index is 0.